The summed E-state index contributed by atoms with van der Waals surface area (Å²) in [6, 6.07) is 12.2. The predicted octanol–water partition coefficient (Wildman–Crippen LogP) is 5.21. The molecular formula is C16H12Br2FN5. The summed E-state index contributed by atoms with van der Waals surface area (Å²) in [4.78, 5) is 8.22. The lowest BCUT2D eigenvalue weighted by Crippen LogP contribution is -2.05. The third-order valence-corrected chi connectivity index (χ3v) is 4.20. The zero-order valence-electron chi connectivity index (χ0n) is 12.2. The topological polar surface area (TPSA) is 75.9 Å². The van der Waals surface area contributed by atoms with Crippen LogP contribution in [0.5, 0.6) is 0 Å². The number of halogens is 3. The summed E-state index contributed by atoms with van der Waals surface area (Å²) in [6.07, 6.45) is 1.36. The number of nitrogens with zero attached hydrogens (tertiary/aromatic N) is 2. The van der Waals surface area contributed by atoms with Crippen LogP contribution in [0.2, 0.25) is 0 Å². The van der Waals surface area contributed by atoms with E-state index in [0.29, 0.717) is 21.8 Å². The van der Waals surface area contributed by atoms with E-state index in [1.54, 1.807) is 12.1 Å². The summed E-state index contributed by atoms with van der Waals surface area (Å²) in [5.41, 5.74) is 7.49. The molecule has 3 rings (SSSR count). The number of nitrogen functional groups attached to an aromatic ring is 1. The first kappa shape index (κ1) is 16.7. The second-order valence-electron chi connectivity index (χ2n) is 4.87. The van der Waals surface area contributed by atoms with E-state index in [1.165, 1.54) is 12.4 Å². The molecule has 3 aromatic rings. The van der Waals surface area contributed by atoms with Gasteiger partial charge >= 0.3 is 0 Å². The molecule has 5 nitrogen and oxygen atoms in total. The number of benzene rings is 2. The molecule has 0 saturated heterocycles. The van der Waals surface area contributed by atoms with E-state index in [1.807, 2.05) is 24.3 Å². The van der Waals surface area contributed by atoms with Crippen molar-refractivity contribution in [3.8, 4) is 0 Å². The van der Waals surface area contributed by atoms with Crippen molar-refractivity contribution in [2.24, 2.45) is 0 Å². The maximum atomic E-state index is 14.0. The second kappa shape index (κ2) is 7.14. The normalized spacial score (nSPS) is 10.5. The fraction of sp³-hybridized carbons (Fsp3) is 0. The van der Waals surface area contributed by atoms with Crippen LogP contribution in [-0.4, -0.2) is 9.97 Å². The third kappa shape index (κ3) is 3.82. The van der Waals surface area contributed by atoms with Crippen LogP contribution >= 0.6 is 31.9 Å². The van der Waals surface area contributed by atoms with Crippen molar-refractivity contribution in [3.05, 3.63) is 63.6 Å². The fourth-order valence-corrected chi connectivity index (χ4v) is 2.58. The van der Waals surface area contributed by atoms with Crippen molar-refractivity contribution in [1.29, 1.82) is 0 Å². The Morgan fingerprint density at radius 3 is 2.17 bits per heavy atom. The van der Waals surface area contributed by atoms with Crippen molar-refractivity contribution in [1.82, 2.24) is 9.97 Å². The maximum absolute atomic E-state index is 14.0. The van der Waals surface area contributed by atoms with Crippen molar-refractivity contribution in [2.75, 3.05) is 16.4 Å². The second-order valence-corrected chi connectivity index (χ2v) is 6.70. The third-order valence-electron chi connectivity index (χ3n) is 3.18. The Kier molecular flexibility index (Phi) is 4.96. The number of anilines is 5. The Labute approximate surface area is 154 Å². The van der Waals surface area contributed by atoms with Gasteiger partial charge in [-0.05, 0) is 42.5 Å². The van der Waals surface area contributed by atoms with Gasteiger partial charge in [-0.25, -0.2) is 14.4 Å². The molecule has 2 aromatic carbocycles. The summed E-state index contributed by atoms with van der Waals surface area (Å²) < 4.78 is 15.6. The minimum atomic E-state index is -0.412. The number of aromatic nitrogens is 2. The van der Waals surface area contributed by atoms with Gasteiger partial charge in [0.2, 0.25) is 0 Å². The molecule has 1 heterocycles. The highest BCUT2D eigenvalue weighted by Crippen LogP contribution is 2.30. The standard InChI is InChI=1S/C16H12Br2FN5/c17-9-1-4-11(5-2-9)23-15-14(20)16(22-8-21-15)24-13-6-3-10(18)7-12(13)19/h1-8H,20H2,(H2,21,22,23,24). The van der Waals surface area contributed by atoms with Crippen molar-refractivity contribution in [3.63, 3.8) is 0 Å². The van der Waals surface area contributed by atoms with E-state index in [-0.39, 0.29) is 5.69 Å². The summed E-state index contributed by atoms with van der Waals surface area (Å²) in [6.45, 7) is 0. The Morgan fingerprint density at radius 1 is 0.875 bits per heavy atom. The molecule has 0 aliphatic rings. The molecule has 0 spiro atoms. The van der Waals surface area contributed by atoms with E-state index in [0.717, 1.165) is 10.2 Å². The number of hydrogen-bond donors (Lipinski definition) is 3. The minimum Gasteiger partial charge on any atom is -0.393 e. The Balaban J connectivity index is 1.86. The van der Waals surface area contributed by atoms with Gasteiger partial charge in [-0.2, -0.15) is 0 Å². The zero-order chi connectivity index (χ0) is 17.1. The molecule has 0 atom stereocenters. The molecule has 0 fully saturated rings. The molecule has 4 N–H and O–H groups in total. The van der Waals surface area contributed by atoms with Crippen LogP contribution in [0, 0.1) is 5.82 Å². The molecule has 1 aromatic heterocycles. The Bertz CT molecular complexity index is 871. The summed E-state index contributed by atoms with van der Waals surface area (Å²) in [7, 11) is 0. The molecule has 0 aliphatic heterocycles. The van der Waals surface area contributed by atoms with Crippen LogP contribution in [-0.2, 0) is 0 Å². The van der Waals surface area contributed by atoms with Gasteiger partial charge in [0.05, 0.1) is 5.69 Å². The van der Waals surface area contributed by atoms with Gasteiger partial charge in [-0.1, -0.05) is 31.9 Å². The Hall–Kier alpha value is -2.19. The molecule has 122 valence electrons. The van der Waals surface area contributed by atoms with Crippen molar-refractivity contribution < 1.29 is 4.39 Å². The molecule has 0 aliphatic carbocycles. The van der Waals surface area contributed by atoms with Crippen molar-refractivity contribution >= 4 is 60.6 Å². The minimum absolute atomic E-state index is 0.276. The van der Waals surface area contributed by atoms with Gasteiger partial charge in [-0.3, -0.25) is 0 Å². The SMILES string of the molecule is Nc1c(Nc2ccc(Br)cc2)ncnc1Nc1ccc(Br)cc1F. The highest BCUT2D eigenvalue weighted by Gasteiger charge is 2.11. The lowest BCUT2D eigenvalue weighted by Gasteiger charge is -2.13. The monoisotopic (exact) mass is 451 g/mol. The molecule has 0 saturated carbocycles. The first-order valence-electron chi connectivity index (χ1n) is 6.88. The summed E-state index contributed by atoms with van der Waals surface area (Å²) in [5, 5.41) is 5.99. The van der Waals surface area contributed by atoms with Gasteiger partial charge in [0.15, 0.2) is 11.6 Å². The van der Waals surface area contributed by atoms with E-state index < -0.39 is 5.82 Å². The van der Waals surface area contributed by atoms with Gasteiger partial charge in [0.25, 0.3) is 0 Å². The molecule has 0 amide bonds. The summed E-state index contributed by atoms with van der Waals surface area (Å²) in [5.74, 6) is 0.350. The number of nitrogens with one attached hydrogen (secondary N) is 2. The first-order valence-corrected chi connectivity index (χ1v) is 8.46. The Morgan fingerprint density at radius 2 is 1.50 bits per heavy atom. The highest BCUT2D eigenvalue weighted by atomic mass is 79.9. The van der Waals surface area contributed by atoms with Crippen LogP contribution in [0.25, 0.3) is 0 Å². The quantitative estimate of drug-likeness (QED) is 0.506. The van der Waals surface area contributed by atoms with Crippen molar-refractivity contribution in [2.45, 2.75) is 0 Å². The maximum Gasteiger partial charge on any atom is 0.159 e. The fourth-order valence-electron chi connectivity index (χ4n) is 1.98. The molecule has 8 heteroatoms. The molecular weight excluding hydrogens is 441 g/mol. The van der Waals surface area contributed by atoms with Crippen LogP contribution in [0.1, 0.15) is 0 Å². The van der Waals surface area contributed by atoms with Crippen LogP contribution < -0.4 is 16.4 Å². The van der Waals surface area contributed by atoms with Crippen LogP contribution in [0.15, 0.2) is 57.7 Å². The first-order chi connectivity index (χ1) is 11.5. The van der Waals surface area contributed by atoms with E-state index in [4.69, 9.17) is 5.73 Å². The van der Waals surface area contributed by atoms with E-state index in [9.17, 15) is 4.39 Å². The zero-order valence-corrected chi connectivity index (χ0v) is 15.4. The van der Waals surface area contributed by atoms with Crippen LogP contribution in [0.4, 0.5) is 33.1 Å². The molecule has 0 unspecified atom stereocenters. The van der Waals surface area contributed by atoms with E-state index in [2.05, 4.69) is 52.5 Å². The van der Waals surface area contributed by atoms with Gasteiger partial charge in [0.1, 0.15) is 17.8 Å². The summed E-state index contributed by atoms with van der Waals surface area (Å²) >= 11 is 6.60. The van der Waals surface area contributed by atoms with E-state index >= 15 is 0 Å². The number of hydrogen-bond acceptors (Lipinski definition) is 5. The predicted molar refractivity (Wildman–Crippen MR) is 101 cm³/mol. The van der Waals surface area contributed by atoms with Gasteiger partial charge in [0, 0.05) is 14.6 Å². The molecule has 24 heavy (non-hydrogen) atoms. The lowest BCUT2D eigenvalue weighted by molar-refractivity contribution is 0.631. The van der Waals surface area contributed by atoms with Gasteiger partial charge in [-0.15, -0.1) is 0 Å². The average Bonchev–Trinajstić information content (AvgIpc) is 2.55. The van der Waals surface area contributed by atoms with Gasteiger partial charge < -0.3 is 16.4 Å². The average molecular weight is 453 g/mol. The lowest BCUT2D eigenvalue weighted by atomic mass is 10.3. The number of rotatable bonds is 4. The number of nitrogens with two attached hydrogens (primary N) is 1. The largest absolute Gasteiger partial charge is 0.393 e. The smallest absolute Gasteiger partial charge is 0.159 e. The highest BCUT2D eigenvalue weighted by molar-refractivity contribution is 9.10. The molecule has 0 bridgehead atoms. The van der Waals surface area contributed by atoms with Crippen LogP contribution in [0.3, 0.4) is 0 Å². The molecule has 0 radical (unpaired) electrons.